The van der Waals surface area contributed by atoms with Gasteiger partial charge in [-0.25, -0.2) is 9.37 Å². The minimum Gasteiger partial charge on any atom is -0.396 e. The lowest BCUT2D eigenvalue weighted by Gasteiger charge is -2.45. The monoisotopic (exact) mass is 571 g/mol. The van der Waals surface area contributed by atoms with E-state index in [0.717, 1.165) is 39.0 Å². The number of pyridine rings is 1. The van der Waals surface area contributed by atoms with Crippen LogP contribution in [0.15, 0.2) is 47.6 Å². The maximum Gasteiger partial charge on any atom is 0.228 e. The van der Waals surface area contributed by atoms with E-state index in [1.165, 1.54) is 30.0 Å². The van der Waals surface area contributed by atoms with Gasteiger partial charge in [-0.1, -0.05) is 11.6 Å². The fourth-order valence-corrected chi connectivity index (χ4v) is 5.61. The average molecular weight is 572 g/mol. The van der Waals surface area contributed by atoms with Crippen LogP contribution < -0.4 is 10.6 Å². The molecular formula is C27H31ClFN7O2S. The van der Waals surface area contributed by atoms with Crippen molar-refractivity contribution in [3.8, 4) is 11.3 Å². The van der Waals surface area contributed by atoms with Crippen molar-refractivity contribution in [1.82, 2.24) is 25.0 Å². The summed E-state index contributed by atoms with van der Waals surface area (Å²) in [7, 11) is 2.14. The van der Waals surface area contributed by atoms with Crippen LogP contribution in [0.5, 0.6) is 0 Å². The number of carbonyl (C=O) groups is 1. The number of nitrogens with zero attached hydrogens (tertiary/aromatic N) is 5. The molecule has 1 aliphatic carbocycles. The average Bonchev–Trinajstić information content (AvgIpc) is 2.90. The quantitative estimate of drug-likeness (QED) is 0.327. The normalized spacial score (nSPS) is 19.9. The molecule has 39 heavy (non-hydrogen) atoms. The molecule has 0 bridgehead atoms. The van der Waals surface area contributed by atoms with Gasteiger partial charge in [0.15, 0.2) is 0 Å². The largest absolute Gasteiger partial charge is 0.396 e. The van der Waals surface area contributed by atoms with Crippen LogP contribution in [0.25, 0.3) is 11.3 Å². The Kier molecular flexibility index (Phi) is 8.93. The van der Waals surface area contributed by atoms with Crippen molar-refractivity contribution in [3.63, 3.8) is 0 Å². The number of thioether (sulfide) groups is 1. The molecule has 1 saturated carbocycles. The molecule has 0 atom stereocenters. The molecule has 1 aliphatic heterocycles. The summed E-state index contributed by atoms with van der Waals surface area (Å²) in [4.78, 5) is 22.0. The standard InChI is InChI=1S/C27H31ClFN7O2S/c1-35-6-8-36(9-7-35)20-12-17(13-20)26(38)32-25-15-19(4-5-30-25)31-24-16-23(33-34-27(24)39-11-10-37)21-14-18(28)2-3-22(21)29/h2-5,14-17,20,37H,6-13H2,1H3,(H2,30,31,32,33,38). The number of benzene rings is 1. The highest BCUT2D eigenvalue weighted by Gasteiger charge is 2.38. The lowest BCUT2D eigenvalue weighted by molar-refractivity contribution is -0.124. The summed E-state index contributed by atoms with van der Waals surface area (Å²) in [5.74, 6) is 0.362. The number of amides is 1. The van der Waals surface area contributed by atoms with Crippen LogP contribution in [0.4, 0.5) is 21.6 Å². The van der Waals surface area contributed by atoms with Crippen LogP contribution >= 0.6 is 23.4 Å². The molecule has 1 saturated heterocycles. The van der Waals surface area contributed by atoms with E-state index < -0.39 is 5.82 Å². The molecule has 3 heterocycles. The van der Waals surface area contributed by atoms with Crippen molar-refractivity contribution in [3.05, 3.63) is 53.4 Å². The third-order valence-corrected chi connectivity index (χ3v) is 8.32. The SMILES string of the molecule is CN1CCN(C2CC(C(=O)Nc3cc(Nc4cc(-c5cc(Cl)ccc5F)nnc4SCCO)ccn3)C2)CC1. The Morgan fingerprint density at radius 3 is 2.72 bits per heavy atom. The van der Waals surface area contributed by atoms with Crippen molar-refractivity contribution in [2.24, 2.45) is 5.92 Å². The second-order valence-corrected chi connectivity index (χ2v) is 11.4. The Labute approximate surface area is 236 Å². The molecule has 0 spiro atoms. The number of aromatic nitrogens is 3. The second kappa shape index (κ2) is 12.6. The number of nitrogens with one attached hydrogen (secondary N) is 2. The van der Waals surface area contributed by atoms with E-state index in [9.17, 15) is 14.3 Å². The first-order chi connectivity index (χ1) is 18.9. The minimum atomic E-state index is -0.463. The zero-order chi connectivity index (χ0) is 27.4. The number of carbonyl (C=O) groups excluding carboxylic acids is 1. The number of likely N-dealkylation sites (N-methyl/N-ethyl adjacent to an activating group) is 1. The number of halogens is 2. The van der Waals surface area contributed by atoms with Gasteiger partial charge in [-0.15, -0.1) is 22.0 Å². The number of anilines is 3. The van der Waals surface area contributed by atoms with E-state index in [1.807, 2.05) is 0 Å². The Bertz CT molecular complexity index is 1320. The van der Waals surface area contributed by atoms with Crippen LogP contribution in [0.1, 0.15) is 12.8 Å². The van der Waals surface area contributed by atoms with Crippen molar-refractivity contribution in [2.45, 2.75) is 23.9 Å². The van der Waals surface area contributed by atoms with Crippen LogP contribution in [0.3, 0.4) is 0 Å². The Morgan fingerprint density at radius 1 is 1.15 bits per heavy atom. The van der Waals surface area contributed by atoms with Gasteiger partial charge in [-0.3, -0.25) is 9.69 Å². The molecule has 3 aromatic rings. The fraction of sp³-hybridized carbons (Fsp3) is 0.407. The van der Waals surface area contributed by atoms with Gasteiger partial charge in [-0.05, 0) is 50.2 Å². The summed E-state index contributed by atoms with van der Waals surface area (Å²) in [6, 6.07) is 9.93. The number of hydrogen-bond donors (Lipinski definition) is 3. The van der Waals surface area contributed by atoms with Gasteiger partial charge in [0, 0.05) is 72.4 Å². The van der Waals surface area contributed by atoms with Crippen LogP contribution in [0, 0.1) is 11.7 Å². The lowest BCUT2D eigenvalue weighted by Crippen LogP contribution is -2.54. The maximum absolute atomic E-state index is 14.5. The molecule has 3 N–H and O–H groups in total. The molecule has 5 rings (SSSR count). The lowest BCUT2D eigenvalue weighted by atomic mass is 9.78. The molecule has 1 aromatic carbocycles. The first-order valence-corrected chi connectivity index (χ1v) is 14.3. The number of aliphatic hydroxyl groups excluding tert-OH is 1. The maximum atomic E-state index is 14.5. The zero-order valence-electron chi connectivity index (χ0n) is 21.6. The van der Waals surface area contributed by atoms with Crippen molar-refractivity contribution in [1.29, 1.82) is 0 Å². The molecule has 2 aromatic heterocycles. The predicted molar refractivity (Wildman–Crippen MR) is 152 cm³/mol. The van der Waals surface area contributed by atoms with E-state index >= 15 is 0 Å². The summed E-state index contributed by atoms with van der Waals surface area (Å²) in [6.45, 7) is 4.22. The second-order valence-electron chi connectivity index (χ2n) is 9.85. The fourth-order valence-electron chi connectivity index (χ4n) is 4.79. The zero-order valence-corrected chi connectivity index (χ0v) is 23.2. The third-order valence-electron chi connectivity index (χ3n) is 7.12. The van der Waals surface area contributed by atoms with Gasteiger partial charge in [-0.2, -0.15) is 0 Å². The Hall–Kier alpha value is -2.83. The predicted octanol–water partition coefficient (Wildman–Crippen LogP) is 4.12. The number of piperazine rings is 1. The van der Waals surface area contributed by atoms with Gasteiger partial charge in [0.25, 0.3) is 0 Å². The summed E-state index contributed by atoms with van der Waals surface area (Å²) in [6.07, 6.45) is 3.34. The van der Waals surface area contributed by atoms with E-state index in [0.29, 0.717) is 44.7 Å². The minimum absolute atomic E-state index is 0.0193. The summed E-state index contributed by atoms with van der Waals surface area (Å²) in [5, 5.41) is 24.9. The molecule has 12 heteroatoms. The smallest absolute Gasteiger partial charge is 0.228 e. The highest BCUT2D eigenvalue weighted by atomic mass is 35.5. The number of hydrogen-bond acceptors (Lipinski definition) is 9. The number of aliphatic hydroxyl groups is 1. The molecule has 0 radical (unpaired) electrons. The van der Waals surface area contributed by atoms with E-state index in [2.05, 4.69) is 42.7 Å². The molecule has 2 fully saturated rings. The highest BCUT2D eigenvalue weighted by Crippen LogP contribution is 2.35. The molecule has 2 aliphatic rings. The van der Waals surface area contributed by atoms with Gasteiger partial charge in [0.1, 0.15) is 16.7 Å². The molecule has 206 valence electrons. The van der Waals surface area contributed by atoms with Gasteiger partial charge >= 0.3 is 0 Å². The summed E-state index contributed by atoms with van der Waals surface area (Å²) >= 11 is 7.40. The first-order valence-electron chi connectivity index (χ1n) is 12.9. The van der Waals surface area contributed by atoms with Gasteiger partial charge < -0.3 is 20.6 Å². The van der Waals surface area contributed by atoms with Crippen molar-refractivity contribution < 1.29 is 14.3 Å². The van der Waals surface area contributed by atoms with E-state index in [1.54, 1.807) is 24.4 Å². The summed E-state index contributed by atoms with van der Waals surface area (Å²) in [5.41, 5.74) is 1.79. The third kappa shape index (κ3) is 6.85. The topological polar surface area (TPSA) is 107 Å². The van der Waals surface area contributed by atoms with Crippen molar-refractivity contribution in [2.75, 3.05) is 56.2 Å². The molecule has 0 unspecified atom stereocenters. The van der Waals surface area contributed by atoms with Gasteiger partial charge in [0.05, 0.1) is 18.0 Å². The molecular weight excluding hydrogens is 541 g/mol. The Morgan fingerprint density at radius 2 is 1.95 bits per heavy atom. The molecule has 9 nitrogen and oxygen atoms in total. The summed E-state index contributed by atoms with van der Waals surface area (Å²) < 4.78 is 14.5. The van der Waals surface area contributed by atoms with Crippen LogP contribution in [-0.4, -0.2) is 87.6 Å². The Balaban J connectivity index is 1.27. The van der Waals surface area contributed by atoms with Crippen LogP contribution in [0.2, 0.25) is 5.02 Å². The van der Waals surface area contributed by atoms with Crippen LogP contribution in [-0.2, 0) is 4.79 Å². The first kappa shape index (κ1) is 27.7. The number of rotatable bonds is 9. The van der Waals surface area contributed by atoms with E-state index in [-0.39, 0.29) is 24.0 Å². The van der Waals surface area contributed by atoms with Gasteiger partial charge in [0.2, 0.25) is 5.91 Å². The van der Waals surface area contributed by atoms with Crippen molar-refractivity contribution >= 4 is 46.5 Å². The molecule has 1 amide bonds. The highest BCUT2D eigenvalue weighted by molar-refractivity contribution is 7.99. The van der Waals surface area contributed by atoms with E-state index in [4.69, 9.17) is 11.6 Å².